The van der Waals surface area contributed by atoms with E-state index in [9.17, 15) is 18.0 Å². The zero-order chi connectivity index (χ0) is 21.2. The number of para-hydroxylation sites is 2. The van der Waals surface area contributed by atoms with Crippen LogP contribution in [0.25, 0.3) is 11.1 Å². The molecule has 0 radical (unpaired) electrons. The summed E-state index contributed by atoms with van der Waals surface area (Å²) < 4.78 is 46.4. The Bertz CT molecular complexity index is 1030. The summed E-state index contributed by atoms with van der Waals surface area (Å²) in [6.45, 7) is 3.79. The van der Waals surface area contributed by atoms with Gasteiger partial charge in [-0.05, 0) is 26.0 Å². The van der Waals surface area contributed by atoms with Crippen molar-refractivity contribution in [3.63, 3.8) is 0 Å². The first-order valence-corrected chi connectivity index (χ1v) is 8.94. The third-order valence-corrected chi connectivity index (χ3v) is 4.06. The van der Waals surface area contributed by atoms with E-state index in [4.69, 9.17) is 4.74 Å². The SMILES string of the molecule is CC(C)Oc1ccccc1-c1ccccc1NC(=O)c1cn(C)nc1C(F)(F)F. The normalized spacial score (nSPS) is 11.6. The van der Waals surface area contributed by atoms with Gasteiger partial charge >= 0.3 is 6.18 Å². The molecule has 3 aromatic rings. The van der Waals surface area contributed by atoms with Crippen molar-refractivity contribution in [2.75, 3.05) is 5.32 Å². The maximum atomic E-state index is 13.2. The molecular weight excluding hydrogens is 383 g/mol. The van der Waals surface area contributed by atoms with Crippen molar-refractivity contribution >= 4 is 11.6 Å². The van der Waals surface area contributed by atoms with Crippen LogP contribution in [-0.2, 0) is 13.2 Å². The average molecular weight is 403 g/mol. The maximum Gasteiger partial charge on any atom is 0.435 e. The number of rotatable bonds is 5. The first kappa shape index (κ1) is 20.4. The number of carbonyl (C=O) groups excluding carboxylic acids is 1. The van der Waals surface area contributed by atoms with Crippen LogP contribution in [0.2, 0.25) is 0 Å². The van der Waals surface area contributed by atoms with Gasteiger partial charge < -0.3 is 10.1 Å². The second-order valence-electron chi connectivity index (χ2n) is 6.73. The van der Waals surface area contributed by atoms with E-state index < -0.39 is 23.3 Å². The summed E-state index contributed by atoms with van der Waals surface area (Å²) in [6.07, 6.45) is -3.75. The number of hydrogen-bond acceptors (Lipinski definition) is 3. The fourth-order valence-electron chi connectivity index (χ4n) is 2.93. The lowest BCUT2D eigenvalue weighted by Crippen LogP contribution is -2.18. The third-order valence-electron chi connectivity index (χ3n) is 4.06. The molecule has 2 aromatic carbocycles. The lowest BCUT2D eigenvalue weighted by Gasteiger charge is -2.17. The monoisotopic (exact) mass is 403 g/mol. The molecule has 1 aromatic heterocycles. The molecule has 1 amide bonds. The van der Waals surface area contributed by atoms with E-state index in [-0.39, 0.29) is 6.10 Å². The van der Waals surface area contributed by atoms with E-state index in [0.29, 0.717) is 17.0 Å². The van der Waals surface area contributed by atoms with Gasteiger partial charge in [0.15, 0.2) is 5.69 Å². The standard InChI is InChI=1S/C21H20F3N3O2/c1-13(2)29-18-11-7-5-9-15(18)14-8-4-6-10-17(14)25-20(28)16-12-27(3)26-19(16)21(22,23)24/h4-13H,1-3H3,(H,25,28). The highest BCUT2D eigenvalue weighted by molar-refractivity contribution is 6.07. The number of nitrogens with one attached hydrogen (secondary N) is 1. The Morgan fingerprint density at radius 1 is 1.07 bits per heavy atom. The molecule has 8 heteroatoms. The van der Waals surface area contributed by atoms with Crippen LogP contribution >= 0.6 is 0 Å². The minimum absolute atomic E-state index is 0.0670. The minimum Gasteiger partial charge on any atom is -0.490 e. The number of benzene rings is 2. The van der Waals surface area contributed by atoms with Crippen molar-refractivity contribution < 1.29 is 22.7 Å². The van der Waals surface area contributed by atoms with Crippen molar-refractivity contribution in [2.45, 2.75) is 26.1 Å². The number of anilines is 1. The van der Waals surface area contributed by atoms with Crippen LogP contribution in [-0.4, -0.2) is 21.8 Å². The molecule has 1 heterocycles. The van der Waals surface area contributed by atoms with E-state index in [2.05, 4.69) is 10.4 Å². The van der Waals surface area contributed by atoms with E-state index in [1.54, 1.807) is 30.3 Å². The topological polar surface area (TPSA) is 56.1 Å². The fourth-order valence-corrected chi connectivity index (χ4v) is 2.93. The van der Waals surface area contributed by atoms with E-state index in [0.717, 1.165) is 16.4 Å². The minimum atomic E-state index is -4.73. The predicted molar refractivity (Wildman–Crippen MR) is 104 cm³/mol. The number of hydrogen-bond donors (Lipinski definition) is 1. The van der Waals surface area contributed by atoms with Crippen LogP contribution in [0.4, 0.5) is 18.9 Å². The maximum absolute atomic E-state index is 13.2. The van der Waals surface area contributed by atoms with Crippen molar-refractivity contribution in [1.82, 2.24) is 9.78 Å². The highest BCUT2D eigenvalue weighted by atomic mass is 19.4. The molecule has 0 atom stereocenters. The van der Waals surface area contributed by atoms with E-state index in [1.165, 1.54) is 7.05 Å². The summed E-state index contributed by atoms with van der Waals surface area (Å²) in [5, 5.41) is 5.97. The molecule has 0 spiro atoms. The number of halogens is 3. The van der Waals surface area contributed by atoms with Gasteiger partial charge in [-0.15, -0.1) is 0 Å². The van der Waals surface area contributed by atoms with Crippen LogP contribution in [0.15, 0.2) is 54.7 Å². The molecule has 1 N–H and O–H groups in total. The molecule has 3 rings (SSSR count). The number of aromatic nitrogens is 2. The Morgan fingerprint density at radius 2 is 1.69 bits per heavy atom. The van der Waals surface area contributed by atoms with Gasteiger partial charge in [0.2, 0.25) is 0 Å². The Hall–Kier alpha value is -3.29. The van der Waals surface area contributed by atoms with Gasteiger partial charge in [0, 0.05) is 30.1 Å². The third kappa shape index (κ3) is 4.59. The number of ether oxygens (including phenoxy) is 1. The van der Waals surface area contributed by atoms with Crippen LogP contribution < -0.4 is 10.1 Å². The summed E-state index contributed by atoms with van der Waals surface area (Å²) in [7, 11) is 1.33. The van der Waals surface area contributed by atoms with E-state index >= 15 is 0 Å². The van der Waals surface area contributed by atoms with Crippen LogP contribution in [0.5, 0.6) is 5.75 Å². The molecule has 0 fully saturated rings. The lowest BCUT2D eigenvalue weighted by molar-refractivity contribution is -0.141. The van der Waals surface area contributed by atoms with Gasteiger partial charge in [0.25, 0.3) is 5.91 Å². The molecular formula is C21H20F3N3O2. The van der Waals surface area contributed by atoms with Crippen LogP contribution in [0, 0.1) is 0 Å². The zero-order valence-electron chi connectivity index (χ0n) is 16.1. The van der Waals surface area contributed by atoms with Crippen molar-refractivity contribution in [3.8, 4) is 16.9 Å². The largest absolute Gasteiger partial charge is 0.490 e. The molecule has 0 unspecified atom stereocenters. The fraction of sp³-hybridized carbons (Fsp3) is 0.238. The van der Waals surface area contributed by atoms with Gasteiger partial charge in [0.1, 0.15) is 5.75 Å². The molecule has 0 saturated carbocycles. The molecule has 0 saturated heterocycles. The second-order valence-corrected chi connectivity index (χ2v) is 6.73. The van der Waals surface area contributed by atoms with Crippen molar-refractivity contribution in [2.24, 2.45) is 7.05 Å². The number of alkyl halides is 3. The quantitative estimate of drug-likeness (QED) is 0.641. The van der Waals surface area contributed by atoms with Gasteiger partial charge in [-0.2, -0.15) is 18.3 Å². The summed E-state index contributed by atoms with van der Waals surface area (Å²) in [5.41, 5.74) is -0.0387. The van der Waals surface area contributed by atoms with E-state index in [1.807, 2.05) is 32.0 Å². The Kier molecular flexibility index (Phi) is 5.63. The summed E-state index contributed by atoms with van der Waals surface area (Å²) >= 11 is 0. The number of nitrogens with zero attached hydrogens (tertiary/aromatic N) is 2. The molecule has 0 aliphatic heterocycles. The first-order valence-electron chi connectivity index (χ1n) is 8.94. The van der Waals surface area contributed by atoms with Crippen molar-refractivity contribution in [1.29, 1.82) is 0 Å². The predicted octanol–water partition coefficient (Wildman–Crippen LogP) is 5.15. The summed E-state index contributed by atoms with van der Waals surface area (Å²) in [6, 6.07) is 14.2. The molecule has 152 valence electrons. The first-order chi connectivity index (χ1) is 13.7. The Balaban J connectivity index is 1.99. The van der Waals surface area contributed by atoms with Crippen LogP contribution in [0.1, 0.15) is 29.9 Å². The smallest absolute Gasteiger partial charge is 0.435 e. The molecule has 0 aliphatic carbocycles. The average Bonchev–Trinajstić information content (AvgIpc) is 3.05. The summed E-state index contributed by atoms with van der Waals surface area (Å²) in [5.74, 6) is -0.276. The molecule has 5 nitrogen and oxygen atoms in total. The lowest BCUT2D eigenvalue weighted by atomic mass is 10.0. The highest BCUT2D eigenvalue weighted by Gasteiger charge is 2.39. The molecule has 29 heavy (non-hydrogen) atoms. The second kappa shape index (κ2) is 7.98. The molecule has 0 bridgehead atoms. The zero-order valence-corrected chi connectivity index (χ0v) is 16.1. The Labute approximate surface area is 166 Å². The van der Waals surface area contributed by atoms with Gasteiger partial charge in [-0.25, -0.2) is 0 Å². The van der Waals surface area contributed by atoms with Gasteiger partial charge in [-0.3, -0.25) is 9.48 Å². The molecule has 0 aliphatic rings. The van der Waals surface area contributed by atoms with Crippen LogP contribution in [0.3, 0.4) is 0 Å². The van der Waals surface area contributed by atoms with Crippen molar-refractivity contribution in [3.05, 3.63) is 66.0 Å². The summed E-state index contributed by atoms with van der Waals surface area (Å²) in [4.78, 5) is 12.6. The number of aryl methyl sites for hydroxylation is 1. The van der Waals surface area contributed by atoms with Gasteiger partial charge in [-0.1, -0.05) is 36.4 Å². The Morgan fingerprint density at radius 3 is 2.34 bits per heavy atom. The van der Waals surface area contributed by atoms with Gasteiger partial charge in [0.05, 0.1) is 11.7 Å². The number of amides is 1. The number of carbonyl (C=O) groups is 1. The highest BCUT2D eigenvalue weighted by Crippen LogP contribution is 2.36.